The van der Waals surface area contributed by atoms with Crippen LogP contribution in [0.15, 0.2) is 48.5 Å². The van der Waals surface area contributed by atoms with Gasteiger partial charge in [-0.2, -0.15) is 0 Å². The lowest BCUT2D eigenvalue weighted by Gasteiger charge is -2.31. The number of carbonyl (C=O) groups excluding carboxylic acids is 2. The van der Waals surface area contributed by atoms with Crippen LogP contribution in [0.5, 0.6) is 5.75 Å². The number of hydrogen-bond acceptors (Lipinski definition) is 3. The van der Waals surface area contributed by atoms with Crippen molar-refractivity contribution in [1.82, 2.24) is 10.2 Å². The van der Waals surface area contributed by atoms with Gasteiger partial charge in [-0.15, -0.1) is 0 Å². The molecule has 0 radical (unpaired) electrons. The van der Waals surface area contributed by atoms with Crippen molar-refractivity contribution < 1.29 is 14.3 Å². The summed E-state index contributed by atoms with van der Waals surface area (Å²) in [7, 11) is 0. The second-order valence-electron chi connectivity index (χ2n) is 8.83. The second kappa shape index (κ2) is 11.2. The Bertz CT molecular complexity index is 875. The van der Waals surface area contributed by atoms with Crippen molar-refractivity contribution >= 4 is 23.4 Å². The Morgan fingerprint density at radius 2 is 1.81 bits per heavy atom. The summed E-state index contributed by atoms with van der Waals surface area (Å²) in [5.74, 6) is 0.509. The highest BCUT2D eigenvalue weighted by Crippen LogP contribution is 2.17. The number of rotatable bonds is 9. The third kappa shape index (κ3) is 8.62. The number of ether oxygens (including phenoxy) is 1. The van der Waals surface area contributed by atoms with Gasteiger partial charge in [-0.3, -0.25) is 9.59 Å². The average Bonchev–Trinajstić information content (AvgIpc) is 2.69. The zero-order valence-electron chi connectivity index (χ0n) is 19.1. The Morgan fingerprint density at radius 1 is 1.13 bits per heavy atom. The van der Waals surface area contributed by atoms with E-state index in [-0.39, 0.29) is 17.4 Å². The first-order chi connectivity index (χ1) is 14.5. The van der Waals surface area contributed by atoms with Gasteiger partial charge in [0, 0.05) is 23.5 Å². The van der Waals surface area contributed by atoms with Gasteiger partial charge in [0.1, 0.15) is 11.8 Å². The topological polar surface area (TPSA) is 58.6 Å². The molecule has 2 amide bonds. The molecule has 6 heteroatoms. The molecule has 0 heterocycles. The molecular weight excluding hydrogens is 412 g/mol. The quantitative estimate of drug-likeness (QED) is 0.545. The lowest BCUT2D eigenvalue weighted by Crippen LogP contribution is -2.52. The molecule has 2 aromatic rings. The third-order valence-corrected chi connectivity index (χ3v) is 4.97. The summed E-state index contributed by atoms with van der Waals surface area (Å²) in [5, 5.41) is 3.56. The minimum Gasteiger partial charge on any atom is -0.494 e. The highest BCUT2D eigenvalue weighted by molar-refractivity contribution is 6.30. The molecule has 0 aliphatic heterocycles. The van der Waals surface area contributed by atoms with Crippen LogP contribution in [0.4, 0.5) is 0 Å². The molecule has 1 N–H and O–H groups in total. The largest absolute Gasteiger partial charge is 0.494 e. The molecule has 31 heavy (non-hydrogen) atoms. The van der Waals surface area contributed by atoms with Crippen molar-refractivity contribution in [2.24, 2.45) is 0 Å². The van der Waals surface area contributed by atoms with E-state index in [0.717, 1.165) is 11.3 Å². The predicted molar refractivity (Wildman–Crippen MR) is 125 cm³/mol. The maximum atomic E-state index is 13.1. The normalized spacial score (nSPS) is 12.2. The van der Waals surface area contributed by atoms with E-state index in [2.05, 4.69) is 5.32 Å². The summed E-state index contributed by atoms with van der Waals surface area (Å²) >= 11 is 6.11. The zero-order chi connectivity index (χ0) is 23.0. The molecule has 168 valence electrons. The van der Waals surface area contributed by atoms with E-state index in [0.29, 0.717) is 31.0 Å². The molecule has 0 saturated heterocycles. The van der Waals surface area contributed by atoms with E-state index in [1.54, 1.807) is 17.9 Å². The number of nitrogens with zero attached hydrogens (tertiary/aromatic N) is 1. The van der Waals surface area contributed by atoms with E-state index in [1.165, 1.54) is 5.56 Å². The van der Waals surface area contributed by atoms with Crippen LogP contribution in [-0.4, -0.2) is 34.9 Å². The van der Waals surface area contributed by atoms with Crippen LogP contribution in [-0.2, 0) is 16.1 Å². The third-order valence-electron chi connectivity index (χ3n) is 4.73. The molecule has 0 aliphatic rings. The Labute approximate surface area is 190 Å². The van der Waals surface area contributed by atoms with Gasteiger partial charge in [0.15, 0.2) is 0 Å². The first kappa shape index (κ1) is 24.7. The van der Waals surface area contributed by atoms with Crippen LogP contribution in [0.25, 0.3) is 0 Å². The highest BCUT2D eigenvalue weighted by atomic mass is 35.5. The van der Waals surface area contributed by atoms with Crippen molar-refractivity contribution in [2.75, 3.05) is 6.61 Å². The fourth-order valence-electron chi connectivity index (χ4n) is 3.08. The van der Waals surface area contributed by atoms with Gasteiger partial charge < -0.3 is 15.0 Å². The lowest BCUT2D eigenvalue weighted by molar-refractivity contribution is -0.141. The monoisotopic (exact) mass is 444 g/mol. The smallest absolute Gasteiger partial charge is 0.242 e. The Hall–Kier alpha value is -2.53. The van der Waals surface area contributed by atoms with E-state index < -0.39 is 6.04 Å². The standard InChI is InChI=1S/C25H33ClN2O3/c1-18-11-13-22(14-12-18)31-15-7-10-23(29)28(17-20-8-6-9-21(26)16-20)19(2)24(30)27-25(3,4)5/h6,8-9,11-14,16,19H,7,10,15,17H2,1-5H3,(H,27,30)/t19-/m1/s1. The summed E-state index contributed by atoms with van der Waals surface area (Å²) < 4.78 is 5.73. The molecule has 0 bridgehead atoms. The predicted octanol–water partition coefficient (Wildman–Crippen LogP) is 5.14. The van der Waals surface area contributed by atoms with Gasteiger partial charge in [0.2, 0.25) is 11.8 Å². The van der Waals surface area contributed by atoms with Crippen molar-refractivity contribution in [3.05, 3.63) is 64.7 Å². The van der Waals surface area contributed by atoms with Gasteiger partial charge in [0.25, 0.3) is 0 Å². The van der Waals surface area contributed by atoms with Crippen LogP contribution >= 0.6 is 11.6 Å². The van der Waals surface area contributed by atoms with E-state index in [9.17, 15) is 9.59 Å². The molecule has 0 spiro atoms. The van der Waals surface area contributed by atoms with E-state index >= 15 is 0 Å². The van der Waals surface area contributed by atoms with Crippen LogP contribution in [0.2, 0.25) is 5.02 Å². The molecular formula is C25H33ClN2O3. The number of hydrogen-bond donors (Lipinski definition) is 1. The number of amides is 2. The molecule has 0 aliphatic carbocycles. The SMILES string of the molecule is Cc1ccc(OCCCC(=O)N(Cc2cccc(Cl)c2)[C@H](C)C(=O)NC(C)(C)C)cc1. The Kier molecular flexibility index (Phi) is 8.93. The van der Waals surface area contributed by atoms with Crippen molar-refractivity contribution in [1.29, 1.82) is 0 Å². The number of benzene rings is 2. The first-order valence-corrected chi connectivity index (χ1v) is 11.0. The lowest BCUT2D eigenvalue weighted by atomic mass is 10.1. The van der Waals surface area contributed by atoms with Gasteiger partial charge in [0.05, 0.1) is 6.61 Å². The minimum absolute atomic E-state index is 0.0935. The molecule has 0 unspecified atom stereocenters. The fourth-order valence-corrected chi connectivity index (χ4v) is 3.29. The summed E-state index contributed by atoms with van der Waals surface area (Å²) in [6.45, 7) is 10.3. The number of nitrogens with one attached hydrogen (secondary N) is 1. The van der Waals surface area contributed by atoms with Crippen LogP contribution < -0.4 is 10.1 Å². The van der Waals surface area contributed by atoms with Gasteiger partial charge in [-0.25, -0.2) is 0 Å². The molecule has 1 atom stereocenters. The summed E-state index contributed by atoms with van der Waals surface area (Å²) in [6, 6.07) is 14.6. The first-order valence-electron chi connectivity index (χ1n) is 10.6. The van der Waals surface area contributed by atoms with Crippen molar-refractivity contribution in [2.45, 2.75) is 65.6 Å². The number of aryl methyl sites for hydroxylation is 1. The van der Waals surface area contributed by atoms with Crippen LogP contribution in [0, 0.1) is 6.92 Å². The van der Waals surface area contributed by atoms with E-state index in [4.69, 9.17) is 16.3 Å². The van der Waals surface area contributed by atoms with Gasteiger partial charge in [-0.1, -0.05) is 41.4 Å². The minimum atomic E-state index is -0.608. The molecule has 2 rings (SSSR count). The second-order valence-corrected chi connectivity index (χ2v) is 9.27. The summed E-state index contributed by atoms with van der Waals surface area (Å²) in [4.78, 5) is 27.4. The zero-order valence-corrected chi connectivity index (χ0v) is 19.8. The Morgan fingerprint density at radius 3 is 2.42 bits per heavy atom. The van der Waals surface area contributed by atoms with E-state index in [1.807, 2.05) is 70.2 Å². The fraction of sp³-hybridized carbons (Fsp3) is 0.440. The number of halogens is 1. The maximum absolute atomic E-state index is 13.1. The van der Waals surface area contributed by atoms with Crippen molar-refractivity contribution in [3.63, 3.8) is 0 Å². The summed E-state index contributed by atoms with van der Waals surface area (Å²) in [5.41, 5.74) is 1.67. The van der Waals surface area contributed by atoms with Crippen molar-refractivity contribution in [3.8, 4) is 5.75 Å². The average molecular weight is 445 g/mol. The molecule has 5 nitrogen and oxygen atoms in total. The molecule has 0 saturated carbocycles. The number of carbonyl (C=O) groups is 2. The van der Waals surface area contributed by atoms with Gasteiger partial charge in [-0.05, 0) is 70.9 Å². The highest BCUT2D eigenvalue weighted by Gasteiger charge is 2.28. The molecule has 0 aromatic heterocycles. The maximum Gasteiger partial charge on any atom is 0.242 e. The van der Waals surface area contributed by atoms with Gasteiger partial charge >= 0.3 is 0 Å². The summed E-state index contributed by atoms with van der Waals surface area (Å²) in [6.07, 6.45) is 0.853. The molecule has 0 fully saturated rings. The Balaban J connectivity index is 2.02. The van der Waals surface area contributed by atoms with Crippen LogP contribution in [0.1, 0.15) is 51.7 Å². The molecule has 2 aromatic carbocycles. The van der Waals surface area contributed by atoms with Crippen LogP contribution in [0.3, 0.4) is 0 Å².